The zero-order chi connectivity index (χ0) is 20.8. The van der Waals surface area contributed by atoms with E-state index < -0.39 is 30.6 Å². The van der Waals surface area contributed by atoms with Crippen molar-refractivity contribution >= 4 is 0 Å². The fraction of sp³-hybridized carbons (Fsp3) is 0.905. The Morgan fingerprint density at radius 3 is 2.54 bits per heavy atom. The van der Waals surface area contributed by atoms with Crippen molar-refractivity contribution in [3.8, 4) is 0 Å². The van der Waals surface area contributed by atoms with E-state index in [4.69, 9.17) is 29.4 Å². The monoisotopic (exact) mass is 403 g/mol. The number of nitrogens with two attached hydrogens (primary N) is 1. The molecule has 7 nitrogen and oxygen atoms in total. The second-order valence-corrected chi connectivity index (χ2v) is 7.36. The summed E-state index contributed by atoms with van der Waals surface area (Å²) in [7, 11) is 3.30. The fourth-order valence-corrected chi connectivity index (χ4v) is 3.42. The van der Waals surface area contributed by atoms with E-state index in [1.807, 2.05) is 6.92 Å². The summed E-state index contributed by atoms with van der Waals surface area (Å²) in [5, 5.41) is 10.6. The molecular formula is C21H41NO6. The molecule has 28 heavy (non-hydrogen) atoms. The van der Waals surface area contributed by atoms with Crippen molar-refractivity contribution in [1.29, 1.82) is 0 Å². The van der Waals surface area contributed by atoms with Crippen LogP contribution in [-0.2, 0) is 23.7 Å². The summed E-state index contributed by atoms with van der Waals surface area (Å²) in [5.41, 5.74) is 6.25. The van der Waals surface area contributed by atoms with Gasteiger partial charge in [0.25, 0.3) is 0 Å². The Labute approximate surface area is 170 Å². The predicted octanol–water partition coefficient (Wildman–Crippen LogP) is 2.75. The molecule has 0 aromatic heterocycles. The van der Waals surface area contributed by atoms with E-state index in [-0.39, 0.29) is 12.7 Å². The average molecular weight is 404 g/mol. The summed E-state index contributed by atoms with van der Waals surface area (Å²) in [5.74, 6) is 0. The third-order valence-corrected chi connectivity index (χ3v) is 5.11. The molecule has 0 saturated carbocycles. The maximum Gasteiger partial charge on any atom is 0.217 e. The molecule has 0 amide bonds. The van der Waals surface area contributed by atoms with Crippen LogP contribution < -0.4 is 5.73 Å². The molecule has 0 radical (unpaired) electrons. The summed E-state index contributed by atoms with van der Waals surface area (Å²) in [6.07, 6.45) is 8.72. The van der Waals surface area contributed by atoms with E-state index in [0.29, 0.717) is 6.61 Å². The van der Waals surface area contributed by atoms with Crippen molar-refractivity contribution < 1.29 is 28.8 Å². The number of rotatable bonds is 15. The van der Waals surface area contributed by atoms with Gasteiger partial charge in [-0.1, -0.05) is 45.1 Å². The zero-order valence-corrected chi connectivity index (χ0v) is 18.0. The molecule has 0 aromatic rings. The van der Waals surface area contributed by atoms with Gasteiger partial charge in [0.15, 0.2) is 0 Å². The molecule has 1 rings (SSSR count). The average Bonchev–Trinajstić information content (AvgIpc) is 2.70. The predicted molar refractivity (Wildman–Crippen MR) is 109 cm³/mol. The summed E-state index contributed by atoms with van der Waals surface area (Å²) < 4.78 is 28.0. The fourth-order valence-electron chi connectivity index (χ4n) is 3.42. The molecule has 3 N–H and O–H groups in total. The van der Waals surface area contributed by atoms with Gasteiger partial charge >= 0.3 is 0 Å². The van der Waals surface area contributed by atoms with Gasteiger partial charge in [-0.15, -0.1) is 0 Å². The molecule has 1 heterocycles. The molecule has 0 spiro atoms. The van der Waals surface area contributed by atoms with Crippen LogP contribution in [0.4, 0.5) is 0 Å². The molecular weight excluding hydrogens is 362 g/mol. The second-order valence-electron chi connectivity index (χ2n) is 7.36. The molecule has 1 fully saturated rings. The van der Waals surface area contributed by atoms with E-state index in [9.17, 15) is 5.11 Å². The lowest BCUT2D eigenvalue weighted by atomic mass is 9.97. The molecule has 6 atom stereocenters. The first-order valence-electron chi connectivity index (χ1n) is 10.6. The zero-order valence-electron chi connectivity index (χ0n) is 18.0. The molecule has 0 bridgehead atoms. The quantitative estimate of drug-likeness (QED) is 0.321. The number of allylic oxidation sites excluding steroid dienone is 1. The van der Waals surface area contributed by atoms with Gasteiger partial charge in [0.2, 0.25) is 6.29 Å². The lowest BCUT2D eigenvalue weighted by molar-refractivity contribution is -0.260. The number of hydrogen-bond acceptors (Lipinski definition) is 7. The molecule has 1 aliphatic heterocycles. The summed E-state index contributed by atoms with van der Waals surface area (Å²) >= 11 is 0. The van der Waals surface area contributed by atoms with Crippen molar-refractivity contribution in [2.75, 3.05) is 27.4 Å². The van der Waals surface area contributed by atoms with E-state index in [0.717, 1.165) is 19.3 Å². The van der Waals surface area contributed by atoms with Gasteiger partial charge in [0.05, 0.1) is 25.0 Å². The standard InChI is InChI=1S/C21H41NO6/c1-5-7-8-9-10-11-16(25-4)12-14-26-20-18(22)21(27-13-6-2)28-17(15-24-3)19(20)23/h6,13,16-21,23H,5,7-12,14-15,22H2,1-4H3/b13-6-/t16-,17-,18-,19-,20?,21+/m1/s1. The van der Waals surface area contributed by atoms with Crippen LogP contribution in [0.2, 0.25) is 0 Å². The highest BCUT2D eigenvalue weighted by atomic mass is 16.7. The lowest BCUT2D eigenvalue weighted by Gasteiger charge is -2.42. The maximum atomic E-state index is 10.6. The van der Waals surface area contributed by atoms with Crippen molar-refractivity contribution in [1.82, 2.24) is 0 Å². The summed E-state index contributed by atoms with van der Waals surface area (Å²) in [6, 6.07) is -0.602. The number of ether oxygens (including phenoxy) is 5. The molecule has 1 saturated heterocycles. The van der Waals surface area contributed by atoms with Crippen molar-refractivity contribution in [3.05, 3.63) is 12.3 Å². The second kappa shape index (κ2) is 15.2. The van der Waals surface area contributed by atoms with Crippen LogP contribution in [0.3, 0.4) is 0 Å². The third-order valence-electron chi connectivity index (χ3n) is 5.11. The number of aliphatic hydroxyl groups is 1. The summed E-state index contributed by atoms with van der Waals surface area (Å²) in [6.45, 7) is 4.76. The van der Waals surface area contributed by atoms with Gasteiger partial charge in [-0.25, -0.2) is 0 Å². The molecule has 166 valence electrons. The molecule has 0 aromatic carbocycles. The topological polar surface area (TPSA) is 92.4 Å². The van der Waals surface area contributed by atoms with Gasteiger partial charge in [0.1, 0.15) is 18.3 Å². The van der Waals surface area contributed by atoms with Crippen molar-refractivity contribution in [3.63, 3.8) is 0 Å². The van der Waals surface area contributed by atoms with Gasteiger partial charge in [-0.2, -0.15) is 0 Å². The van der Waals surface area contributed by atoms with Crippen molar-refractivity contribution in [2.45, 2.75) is 95.5 Å². The first-order chi connectivity index (χ1) is 13.6. The highest BCUT2D eigenvalue weighted by Crippen LogP contribution is 2.24. The van der Waals surface area contributed by atoms with E-state index in [2.05, 4.69) is 6.92 Å². The third kappa shape index (κ3) is 8.76. The molecule has 1 unspecified atom stereocenters. The normalized spacial score (nSPS) is 29.3. The summed E-state index contributed by atoms with van der Waals surface area (Å²) in [4.78, 5) is 0. The van der Waals surface area contributed by atoms with E-state index in [1.165, 1.54) is 31.9 Å². The van der Waals surface area contributed by atoms with Crippen LogP contribution in [-0.4, -0.2) is 69.3 Å². The van der Waals surface area contributed by atoms with Gasteiger partial charge < -0.3 is 34.5 Å². The van der Waals surface area contributed by atoms with Gasteiger partial charge in [-0.05, 0) is 19.8 Å². The van der Waals surface area contributed by atoms with Crippen LogP contribution in [0.15, 0.2) is 12.3 Å². The largest absolute Gasteiger partial charge is 0.471 e. The Morgan fingerprint density at radius 2 is 1.89 bits per heavy atom. The SMILES string of the molecule is C/C=C\O[C@H]1O[C@H](COC)[C@@H](O)C(OCC[C@@H](CCCCCCC)OC)[C@H]1N. The molecule has 7 heteroatoms. The first-order valence-corrected chi connectivity index (χ1v) is 10.6. The highest BCUT2D eigenvalue weighted by Gasteiger charge is 2.45. The maximum absolute atomic E-state index is 10.6. The van der Waals surface area contributed by atoms with Gasteiger partial charge in [0, 0.05) is 20.8 Å². The number of hydrogen-bond donors (Lipinski definition) is 2. The van der Waals surface area contributed by atoms with Gasteiger partial charge in [-0.3, -0.25) is 0 Å². The minimum Gasteiger partial charge on any atom is -0.471 e. The Hall–Kier alpha value is -0.700. The minimum atomic E-state index is -0.879. The van der Waals surface area contributed by atoms with Crippen LogP contribution in [0.5, 0.6) is 0 Å². The van der Waals surface area contributed by atoms with E-state index >= 15 is 0 Å². The Kier molecular flexibility index (Phi) is 13.7. The Balaban J connectivity index is 2.50. The lowest BCUT2D eigenvalue weighted by Crippen LogP contribution is -2.63. The van der Waals surface area contributed by atoms with Crippen LogP contribution in [0.25, 0.3) is 0 Å². The number of unbranched alkanes of at least 4 members (excludes halogenated alkanes) is 4. The van der Waals surface area contributed by atoms with Crippen LogP contribution in [0, 0.1) is 0 Å². The van der Waals surface area contributed by atoms with Crippen LogP contribution >= 0.6 is 0 Å². The van der Waals surface area contributed by atoms with Crippen molar-refractivity contribution in [2.24, 2.45) is 5.73 Å². The highest BCUT2D eigenvalue weighted by molar-refractivity contribution is 4.93. The first kappa shape index (κ1) is 25.3. The number of methoxy groups -OCH3 is 2. The van der Waals surface area contributed by atoms with Crippen LogP contribution in [0.1, 0.15) is 58.8 Å². The Bertz CT molecular complexity index is 408. The number of aliphatic hydroxyl groups excluding tert-OH is 1. The minimum absolute atomic E-state index is 0.152. The smallest absolute Gasteiger partial charge is 0.217 e. The van der Waals surface area contributed by atoms with E-state index in [1.54, 1.807) is 20.3 Å². The molecule has 0 aliphatic carbocycles. The molecule has 1 aliphatic rings. The Morgan fingerprint density at radius 1 is 1.14 bits per heavy atom.